The Bertz CT molecular complexity index is 209. The molecule has 0 saturated heterocycles. The average molecular weight is 212 g/mol. The number of carbonyl (C=O) groups is 1. The van der Waals surface area contributed by atoms with E-state index in [9.17, 15) is 4.79 Å². The summed E-state index contributed by atoms with van der Waals surface area (Å²) in [6.07, 6.45) is 4.45. The highest BCUT2D eigenvalue weighted by Crippen LogP contribution is 2.32. The van der Waals surface area contributed by atoms with Crippen LogP contribution < -0.4 is 0 Å². The molecule has 1 unspecified atom stereocenters. The SMILES string of the molecule is CC(C)(C)C1C=CC(=O)C1.CCOCC. The summed E-state index contributed by atoms with van der Waals surface area (Å²) in [6, 6.07) is 0. The molecule has 1 atom stereocenters. The van der Waals surface area contributed by atoms with E-state index in [4.69, 9.17) is 4.74 Å². The van der Waals surface area contributed by atoms with E-state index < -0.39 is 0 Å². The molecule has 0 spiro atoms. The minimum Gasteiger partial charge on any atom is -0.382 e. The first-order valence-corrected chi connectivity index (χ1v) is 5.70. The van der Waals surface area contributed by atoms with Crippen LogP contribution in [0.3, 0.4) is 0 Å². The van der Waals surface area contributed by atoms with Gasteiger partial charge in [0.1, 0.15) is 0 Å². The summed E-state index contributed by atoms with van der Waals surface area (Å²) in [5.74, 6) is 0.736. The van der Waals surface area contributed by atoms with Crippen molar-refractivity contribution in [3.8, 4) is 0 Å². The molecule has 0 fully saturated rings. The van der Waals surface area contributed by atoms with Gasteiger partial charge in [-0.25, -0.2) is 0 Å². The van der Waals surface area contributed by atoms with Crippen molar-refractivity contribution in [2.24, 2.45) is 11.3 Å². The summed E-state index contributed by atoms with van der Waals surface area (Å²) in [5, 5.41) is 0. The second-order valence-corrected chi connectivity index (χ2v) is 4.78. The third-order valence-electron chi connectivity index (χ3n) is 2.46. The first kappa shape index (κ1) is 14.4. The number of hydrogen-bond acceptors (Lipinski definition) is 2. The molecule has 0 saturated carbocycles. The van der Waals surface area contributed by atoms with Gasteiger partial charge in [0.25, 0.3) is 0 Å². The van der Waals surface area contributed by atoms with E-state index >= 15 is 0 Å². The van der Waals surface area contributed by atoms with Crippen LogP contribution >= 0.6 is 0 Å². The highest BCUT2D eigenvalue weighted by Gasteiger charge is 2.27. The van der Waals surface area contributed by atoms with Gasteiger partial charge in [0, 0.05) is 19.6 Å². The Morgan fingerprint density at radius 3 is 2.00 bits per heavy atom. The number of ether oxygens (including phenoxy) is 1. The van der Waals surface area contributed by atoms with E-state index in [1.54, 1.807) is 6.08 Å². The lowest BCUT2D eigenvalue weighted by atomic mass is 9.80. The largest absolute Gasteiger partial charge is 0.382 e. The summed E-state index contributed by atoms with van der Waals surface area (Å²) in [4.78, 5) is 10.8. The van der Waals surface area contributed by atoms with Crippen LogP contribution in [0.15, 0.2) is 12.2 Å². The first-order valence-electron chi connectivity index (χ1n) is 5.70. The Kier molecular flexibility index (Phi) is 6.50. The van der Waals surface area contributed by atoms with Crippen LogP contribution in [-0.4, -0.2) is 19.0 Å². The number of allylic oxidation sites excluding steroid dienone is 2. The maximum Gasteiger partial charge on any atom is 0.155 e. The monoisotopic (exact) mass is 212 g/mol. The highest BCUT2D eigenvalue weighted by atomic mass is 16.5. The van der Waals surface area contributed by atoms with Gasteiger partial charge < -0.3 is 4.74 Å². The smallest absolute Gasteiger partial charge is 0.155 e. The van der Waals surface area contributed by atoms with Crippen LogP contribution in [0.5, 0.6) is 0 Å². The third-order valence-corrected chi connectivity index (χ3v) is 2.46. The molecule has 2 nitrogen and oxygen atoms in total. The quantitative estimate of drug-likeness (QED) is 0.702. The fourth-order valence-corrected chi connectivity index (χ4v) is 1.38. The van der Waals surface area contributed by atoms with Crippen LogP contribution in [0.25, 0.3) is 0 Å². The van der Waals surface area contributed by atoms with Crippen molar-refractivity contribution >= 4 is 5.78 Å². The Morgan fingerprint density at radius 1 is 1.33 bits per heavy atom. The molecule has 0 aromatic heterocycles. The topological polar surface area (TPSA) is 26.3 Å². The fourth-order valence-electron chi connectivity index (χ4n) is 1.38. The number of ketones is 1. The zero-order chi connectivity index (χ0) is 11.9. The van der Waals surface area contributed by atoms with Crippen LogP contribution in [0.2, 0.25) is 0 Å². The fraction of sp³-hybridized carbons (Fsp3) is 0.769. The predicted octanol–water partition coefficient (Wildman–Crippen LogP) is 3.22. The maximum atomic E-state index is 10.8. The van der Waals surface area contributed by atoms with Gasteiger partial charge in [0.15, 0.2) is 5.78 Å². The summed E-state index contributed by atoms with van der Waals surface area (Å²) in [5.41, 5.74) is 0.253. The van der Waals surface area contributed by atoms with Gasteiger partial charge in [-0.1, -0.05) is 26.8 Å². The standard InChI is InChI=1S/C9H14O.C4H10O/c1-9(2,3)7-4-5-8(10)6-7;1-3-5-4-2/h4-5,7H,6H2,1-3H3;3-4H2,1-2H3. The van der Waals surface area contributed by atoms with E-state index in [0.717, 1.165) is 13.2 Å². The molecule has 0 radical (unpaired) electrons. The highest BCUT2D eigenvalue weighted by molar-refractivity contribution is 5.92. The molecule has 0 aliphatic heterocycles. The second kappa shape index (κ2) is 6.78. The number of carbonyl (C=O) groups excluding carboxylic acids is 1. The first-order chi connectivity index (χ1) is 6.91. The van der Waals surface area contributed by atoms with Gasteiger partial charge in [-0.15, -0.1) is 0 Å². The van der Waals surface area contributed by atoms with Gasteiger partial charge in [0.05, 0.1) is 0 Å². The van der Waals surface area contributed by atoms with Crippen molar-refractivity contribution in [3.63, 3.8) is 0 Å². The van der Waals surface area contributed by atoms with Gasteiger partial charge in [0.2, 0.25) is 0 Å². The molecule has 0 N–H and O–H groups in total. The summed E-state index contributed by atoms with van der Waals surface area (Å²) >= 11 is 0. The van der Waals surface area contributed by atoms with Gasteiger partial charge in [-0.05, 0) is 31.3 Å². The maximum absolute atomic E-state index is 10.8. The molecule has 1 rings (SSSR count). The zero-order valence-corrected chi connectivity index (χ0v) is 10.7. The van der Waals surface area contributed by atoms with Crippen molar-refractivity contribution in [1.29, 1.82) is 0 Å². The molecule has 88 valence electrons. The molecule has 0 heterocycles. The lowest BCUT2D eigenvalue weighted by Crippen LogP contribution is -2.17. The van der Waals surface area contributed by atoms with Gasteiger partial charge >= 0.3 is 0 Å². The molecule has 2 heteroatoms. The van der Waals surface area contributed by atoms with E-state index in [-0.39, 0.29) is 11.2 Å². The molecule has 0 aromatic carbocycles. The predicted molar refractivity (Wildman–Crippen MR) is 63.9 cm³/mol. The minimum absolute atomic E-state index is 0.253. The second-order valence-electron chi connectivity index (χ2n) is 4.78. The van der Waals surface area contributed by atoms with E-state index in [1.807, 2.05) is 19.9 Å². The van der Waals surface area contributed by atoms with E-state index in [1.165, 1.54) is 0 Å². The summed E-state index contributed by atoms with van der Waals surface area (Å²) < 4.78 is 4.83. The summed E-state index contributed by atoms with van der Waals surface area (Å²) in [6.45, 7) is 12.2. The normalized spacial score (nSPS) is 20.1. The van der Waals surface area contributed by atoms with Crippen molar-refractivity contribution in [1.82, 2.24) is 0 Å². The average Bonchev–Trinajstić information content (AvgIpc) is 2.53. The van der Waals surface area contributed by atoms with Crippen LogP contribution in [0.4, 0.5) is 0 Å². The van der Waals surface area contributed by atoms with Crippen molar-refractivity contribution in [2.45, 2.75) is 41.0 Å². The van der Waals surface area contributed by atoms with E-state index in [0.29, 0.717) is 12.3 Å². The molecule has 15 heavy (non-hydrogen) atoms. The Labute approximate surface area is 93.7 Å². The molecule has 0 aromatic rings. The lowest BCUT2D eigenvalue weighted by molar-refractivity contribution is -0.114. The van der Waals surface area contributed by atoms with Crippen LogP contribution in [-0.2, 0) is 9.53 Å². The molecule has 0 amide bonds. The number of rotatable bonds is 2. The van der Waals surface area contributed by atoms with Crippen LogP contribution in [0, 0.1) is 11.3 Å². The molecule has 1 aliphatic carbocycles. The van der Waals surface area contributed by atoms with Crippen molar-refractivity contribution in [3.05, 3.63) is 12.2 Å². The lowest BCUT2D eigenvalue weighted by Gasteiger charge is -2.24. The molecular weight excluding hydrogens is 188 g/mol. The Hall–Kier alpha value is -0.630. The minimum atomic E-state index is 0.253. The van der Waals surface area contributed by atoms with E-state index in [2.05, 4.69) is 20.8 Å². The molecular formula is C13H24O2. The van der Waals surface area contributed by atoms with Gasteiger partial charge in [-0.2, -0.15) is 0 Å². The summed E-state index contributed by atoms with van der Waals surface area (Å²) in [7, 11) is 0. The van der Waals surface area contributed by atoms with Crippen LogP contribution in [0.1, 0.15) is 41.0 Å². The Balaban J connectivity index is 0.000000336. The molecule has 1 aliphatic rings. The zero-order valence-electron chi connectivity index (χ0n) is 10.7. The number of hydrogen-bond donors (Lipinski definition) is 0. The van der Waals surface area contributed by atoms with Crippen molar-refractivity contribution < 1.29 is 9.53 Å². The Morgan fingerprint density at radius 2 is 1.87 bits per heavy atom. The third kappa shape index (κ3) is 6.45. The van der Waals surface area contributed by atoms with Crippen molar-refractivity contribution in [2.75, 3.05) is 13.2 Å². The molecule has 0 bridgehead atoms. The van der Waals surface area contributed by atoms with Gasteiger partial charge in [-0.3, -0.25) is 4.79 Å².